The van der Waals surface area contributed by atoms with E-state index in [0.717, 1.165) is 35.5 Å². The summed E-state index contributed by atoms with van der Waals surface area (Å²) in [6.07, 6.45) is 8.76. The fourth-order valence-electron chi connectivity index (χ4n) is 4.21. The monoisotopic (exact) mass is 546 g/mol. The fourth-order valence-corrected chi connectivity index (χ4v) is 4.21. The highest BCUT2D eigenvalue weighted by Gasteiger charge is 2.11. The van der Waals surface area contributed by atoms with Crippen LogP contribution < -0.4 is 26.0 Å². The number of carbonyl (C=O) groups is 2. The van der Waals surface area contributed by atoms with Crippen LogP contribution >= 0.6 is 0 Å². The molecule has 5 rings (SSSR count). The number of ether oxygens (including phenoxy) is 1. The zero-order valence-electron chi connectivity index (χ0n) is 22.4. The second-order valence-electron chi connectivity index (χ2n) is 9.27. The van der Waals surface area contributed by atoms with E-state index in [0.29, 0.717) is 41.7 Å². The van der Waals surface area contributed by atoms with Gasteiger partial charge >= 0.3 is 0 Å². The lowest BCUT2D eigenvalue weighted by molar-refractivity contribution is -0.111. The van der Waals surface area contributed by atoms with Gasteiger partial charge in [-0.15, -0.1) is 0 Å². The molecular formula is C32H30N6O3. The standard InChI is InChI=1S/C32H30N6O3/c1-2-30(39)35-24-12-10-22(11-13-24)31(40)36-26-19-25-20-27(21-26)37-32-34-16-14-29(38-32)23-8-7-9-28(18-23)41-17-6-4-3-5-15-33-25/h2-4,7-14,16,18-21,33H,1,5-6,15,17H2,(H,35,39)(H,36,40)(H,34,37,38)/b4-3+. The van der Waals surface area contributed by atoms with Crippen LogP contribution in [0.3, 0.4) is 0 Å². The van der Waals surface area contributed by atoms with Crippen molar-refractivity contribution >= 4 is 40.5 Å². The summed E-state index contributed by atoms with van der Waals surface area (Å²) in [7, 11) is 0. The molecule has 0 saturated heterocycles. The summed E-state index contributed by atoms with van der Waals surface area (Å²) in [6.45, 7) is 4.74. The zero-order chi connectivity index (χ0) is 28.4. The number of amides is 2. The van der Waals surface area contributed by atoms with Gasteiger partial charge in [-0.2, -0.15) is 0 Å². The van der Waals surface area contributed by atoms with Gasteiger partial charge in [0, 0.05) is 46.6 Å². The molecule has 2 amide bonds. The van der Waals surface area contributed by atoms with E-state index in [-0.39, 0.29) is 11.8 Å². The van der Waals surface area contributed by atoms with Crippen molar-refractivity contribution in [3.63, 3.8) is 0 Å². The number of nitrogens with one attached hydrogen (secondary N) is 4. The van der Waals surface area contributed by atoms with Crippen molar-refractivity contribution in [2.24, 2.45) is 0 Å². The highest BCUT2D eigenvalue weighted by molar-refractivity contribution is 6.05. The molecule has 1 aromatic heterocycles. The van der Waals surface area contributed by atoms with Gasteiger partial charge in [0.2, 0.25) is 11.9 Å². The average Bonchev–Trinajstić information content (AvgIpc) is 2.98. The molecule has 0 radical (unpaired) electrons. The van der Waals surface area contributed by atoms with Crippen LogP contribution in [-0.4, -0.2) is 34.9 Å². The quantitative estimate of drug-likeness (QED) is 0.173. The molecule has 6 bridgehead atoms. The maximum absolute atomic E-state index is 13.1. The molecule has 2 heterocycles. The summed E-state index contributed by atoms with van der Waals surface area (Å²) in [6, 6.07) is 22.0. The van der Waals surface area contributed by atoms with Gasteiger partial charge in [0.15, 0.2) is 0 Å². The topological polar surface area (TPSA) is 117 Å². The lowest BCUT2D eigenvalue weighted by Gasteiger charge is -2.14. The van der Waals surface area contributed by atoms with E-state index in [4.69, 9.17) is 9.72 Å². The Kier molecular flexibility index (Phi) is 8.66. The van der Waals surface area contributed by atoms with Crippen LogP contribution in [0.4, 0.5) is 28.7 Å². The van der Waals surface area contributed by atoms with Crippen molar-refractivity contribution in [3.8, 4) is 17.0 Å². The largest absolute Gasteiger partial charge is 0.493 e. The highest BCUT2D eigenvalue weighted by atomic mass is 16.5. The van der Waals surface area contributed by atoms with Crippen molar-refractivity contribution in [2.45, 2.75) is 12.8 Å². The van der Waals surface area contributed by atoms with Crippen molar-refractivity contribution in [3.05, 3.63) is 109 Å². The second-order valence-corrected chi connectivity index (χ2v) is 9.27. The number of hydrogen-bond acceptors (Lipinski definition) is 7. The van der Waals surface area contributed by atoms with E-state index >= 15 is 0 Å². The molecule has 9 heteroatoms. The predicted octanol–water partition coefficient (Wildman–Crippen LogP) is 6.40. The van der Waals surface area contributed by atoms with E-state index in [2.05, 4.69) is 45.0 Å². The minimum Gasteiger partial charge on any atom is -0.493 e. The van der Waals surface area contributed by atoms with Crippen LogP contribution in [0.15, 0.2) is 104 Å². The van der Waals surface area contributed by atoms with Gasteiger partial charge in [-0.25, -0.2) is 9.97 Å². The smallest absolute Gasteiger partial charge is 0.255 e. The molecule has 0 atom stereocenters. The first-order valence-electron chi connectivity index (χ1n) is 13.3. The molecule has 4 aromatic rings. The lowest BCUT2D eigenvalue weighted by atomic mass is 10.1. The molecule has 3 aromatic carbocycles. The second kappa shape index (κ2) is 13.1. The number of fused-ring (bicyclic) bond motifs is 7. The van der Waals surface area contributed by atoms with Crippen LogP contribution in [0.25, 0.3) is 11.3 Å². The summed E-state index contributed by atoms with van der Waals surface area (Å²) in [5.41, 5.74) is 4.83. The first kappa shape index (κ1) is 27.1. The van der Waals surface area contributed by atoms with Gasteiger partial charge in [0.05, 0.1) is 12.3 Å². The van der Waals surface area contributed by atoms with Crippen molar-refractivity contribution < 1.29 is 14.3 Å². The van der Waals surface area contributed by atoms with Crippen LogP contribution in [0.5, 0.6) is 5.75 Å². The number of aromatic nitrogens is 2. The predicted molar refractivity (Wildman–Crippen MR) is 163 cm³/mol. The molecule has 0 aliphatic carbocycles. The SMILES string of the molecule is C=CC(=O)Nc1ccc(C(=O)Nc2cc3cc(c2)Nc2nccc(n2)-c2cccc(c2)OCC/C=C/CCN3)cc1. The highest BCUT2D eigenvalue weighted by Crippen LogP contribution is 2.27. The van der Waals surface area contributed by atoms with Crippen LogP contribution in [0.2, 0.25) is 0 Å². The van der Waals surface area contributed by atoms with Gasteiger partial charge in [-0.1, -0.05) is 30.9 Å². The van der Waals surface area contributed by atoms with Crippen molar-refractivity contribution in [1.82, 2.24) is 9.97 Å². The first-order valence-corrected chi connectivity index (χ1v) is 13.3. The molecular weight excluding hydrogens is 516 g/mol. The molecule has 0 spiro atoms. The Morgan fingerprint density at radius 2 is 1.73 bits per heavy atom. The van der Waals surface area contributed by atoms with Gasteiger partial charge in [-0.3, -0.25) is 9.59 Å². The number of hydrogen-bond donors (Lipinski definition) is 4. The Labute approximate surface area is 238 Å². The van der Waals surface area contributed by atoms with Crippen LogP contribution in [0, 0.1) is 0 Å². The fraction of sp³-hybridized carbons (Fsp3) is 0.125. The van der Waals surface area contributed by atoms with E-state index < -0.39 is 0 Å². The lowest BCUT2D eigenvalue weighted by Crippen LogP contribution is -2.13. The third-order valence-electron chi connectivity index (χ3n) is 6.19. The van der Waals surface area contributed by atoms with E-state index in [1.807, 2.05) is 48.5 Å². The molecule has 206 valence electrons. The Hall–Kier alpha value is -5.44. The minimum atomic E-state index is -0.317. The molecule has 4 N–H and O–H groups in total. The summed E-state index contributed by atoms with van der Waals surface area (Å²) in [5.74, 6) is 0.607. The van der Waals surface area contributed by atoms with Gasteiger partial charge < -0.3 is 26.0 Å². The molecule has 9 nitrogen and oxygen atoms in total. The number of rotatable bonds is 4. The Morgan fingerprint density at radius 1 is 0.902 bits per heavy atom. The molecule has 1 aliphatic rings. The van der Waals surface area contributed by atoms with Crippen LogP contribution in [0.1, 0.15) is 23.2 Å². The molecule has 0 unspecified atom stereocenters. The van der Waals surface area contributed by atoms with E-state index in [1.54, 1.807) is 30.5 Å². The number of anilines is 5. The molecule has 1 aliphatic heterocycles. The third-order valence-corrected chi connectivity index (χ3v) is 6.19. The van der Waals surface area contributed by atoms with Crippen molar-refractivity contribution in [2.75, 3.05) is 34.4 Å². The summed E-state index contributed by atoms with van der Waals surface area (Å²) in [5, 5.41) is 12.3. The Morgan fingerprint density at radius 3 is 2.59 bits per heavy atom. The summed E-state index contributed by atoms with van der Waals surface area (Å²) >= 11 is 0. The summed E-state index contributed by atoms with van der Waals surface area (Å²) in [4.78, 5) is 33.7. The molecule has 41 heavy (non-hydrogen) atoms. The van der Waals surface area contributed by atoms with Crippen molar-refractivity contribution in [1.29, 1.82) is 0 Å². The Bertz CT molecular complexity index is 1580. The van der Waals surface area contributed by atoms with Gasteiger partial charge in [0.1, 0.15) is 5.75 Å². The van der Waals surface area contributed by atoms with Gasteiger partial charge in [-0.05, 0) is 79.6 Å². The molecule has 0 fully saturated rings. The minimum absolute atomic E-state index is 0.285. The van der Waals surface area contributed by atoms with Crippen LogP contribution in [-0.2, 0) is 4.79 Å². The number of nitrogens with zero attached hydrogens (tertiary/aromatic N) is 2. The summed E-state index contributed by atoms with van der Waals surface area (Å²) < 4.78 is 5.92. The van der Waals surface area contributed by atoms with E-state index in [9.17, 15) is 9.59 Å². The number of benzene rings is 3. The maximum atomic E-state index is 13.1. The maximum Gasteiger partial charge on any atom is 0.255 e. The Balaban J connectivity index is 1.40. The van der Waals surface area contributed by atoms with Gasteiger partial charge in [0.25, 0.3) is 5.91 Å². The third kappa shape index (κ3) is 7.57. The van der Waals surface area contributed by atoms with E-state index in [1.165, 1.54) is 6.08 Å². The first-order chi connectivity index (χ1) is 20.1. The normalized spacial score (nSPS) is 13.6. The molecule has 0 saturated carbocycles. The average molecular weight is 547 g/mol. The zero-order valence-corrected chi connectivity index (χ0v) is 22.4. The number of carbonyl (C=O) groups excluding carboxylic acids is 2.